The van der Waals surface area contributed by atoms with Crippen LogP contribution in [0.15, 0.2) is 71.6 Å². The van der Waals surface area contributed by atoms with Gasteiger partial charge in [-0.3, -0.25) is 14.4 Å². The van der Waals surface area contributed by atoms with Crippen LogP contribution < -0.4 is 4.72 Å². The Hall–Kier alpha value is -3.41. The molecule has 3 aromatic carbocycles. The predicted molar refractivity (Wildman–Crippen MR) is 168 cm³/mol. The van der Waals surface area contributed by atoms with Crippen LogP contribution in [0, 0.1) is 5.82 Å². The normalized spacial score (nSPS) is 12.0. The number of benzene rings is 3. The second-order valence-electron chi connectivity index (χ2n) is 10.0. The fourth-order valence-electron chi connectivity index (χ4n) is 4.57. The van der Waals surface area contributed by atoms with E-state index in [9.17, 15) is 27.2 Å². The van der Waals surface area contributed by atoms with Crippen LogP contribution in [0.3, 0.4) is 0 Å². The number of hydrogen-bond acceptors (Lipinski definition) is 6. The van der Waals surface area contributed by atoms with Crippen molar-refractivity contribution in [3.63, 3.8) is 0 Å². The number of nitrogens with zero attached hydrogens (tertiary/aromatic N) is 2. The first-order chi connectivity index (χ1) is 20.4. The standard InChI is InChI=1S/C31H35ClFN3O5S2/c1-4-10-28(38)35(18-17-29(39)36(22(3)42)20-24-13-8-9-14-27(24)33)19-25-15-16-26(23-11-6-5-7-12-23)30(32)31(25)43(40,41)34-21(2)37/h5-9,11-16,22,42H,4,10,17-20H2,1-3H3,(H,34,37)/t22-/m1/s1. The van der Waals surface area contributed by atoms with E-state index in [4.69, 9.17) is 11.6 Å². The number of rotatable bonds is 13. The van der Waals surface area contributed by atoms with Gasteiger partial charge in [-0.1, -0.05) is 79.2 Å². The molecule has 0 bridgehead atoms. The van der Waals surface area contributed by atoms with Crippen LogP contribution in [0.1, 0.15) is 51.2 Å². The van der Waals surface area contributed by atoms with Crippen molar-refractivity contribution in [2.24, 2.45) is 0 Å². The van der Waals surface area contributed by atoms with Crippen molar-refractivity contribution >= 4 is 52.0 Å². The fourth-order valence-corrected chi connectivity index (χ4v) is 6.69. The van der Waals surface area contributed by atoms with E-state index < -0.39 is 27.1 Å². The average molecular weight is 648 g/mol. The highest BCUT2D eigenvalue weighted by molar-refractivity contribution is 7.90. The Kier molecular flexibility index (Phi) is 12.2. The molecule has 0 saturated carbocycles. The summed E-state index contributed by atoms with van der Waals surface area (Å²) in [6.45, 7) is 4.37. The summed E-state index contributed by atoms with van der Waals surface area (Å²) in [6.07, 6.45) is 0.583. The smallest absolute Gasteiger partial charge is 0.265 e. The molecule has 1 atom stereocenters. The summed E-state index contributed by atoms with van der Waals surface area (Å²) in [7, 11) is -4.42. The summed E-state index contributed by atoms with van der Waals surface area (Å²) in [5, 5.41) is -0.637. The highest BCUT2D eigenvalue weighted by Gasteiger charge is 2.28. The number of carbonyl (C=O) groups excluding carboxylic acids is 3. The Morgan fingerprint density at radius 1 is 0.930 bits per heavy atom. The highest BCUT2D eigenvalue weighted by Crippen LogP contribution is 2.36. The molecule has 3 amide bonds. The van der Waals surface area contributed by atoms with Gasteiger partial charge in [-0.2, -0.15) is 12.6 Å². The maximum Gasteiger partial charge on any atom is 0.265 e. The van der Waals surface area contributed by atoms with Crippen molar-refractivity contribution in [1.29, 1.82) is 0 Å². The van der Waals surface area contributed by atoms with E-state index in [1.807, 2.05) is 17.7 Å². The number of halogens is 2. The molecular formula is C31H35ClFN3O5S2. The van der Waals surface area contributed by atoms with E-state index in [-0.39, 0.29) is 59.8 Å². The first-order valence-corrected chi connectivity index (χ1v) is 16.1. The third-order valence-corrected chi connectivity index (χ3v) is 9.00. The lowest BCUT2D eigenvalue weighted by atomic mass is 10.0. The number of carbonyl (C=O) groups is 3. The molecule has 3 aromatic rings. The maximum atomic E-state index is 14.3. The van der Waals surface area contributed by atoms with Gasteiger partial charge in [-0.15, -0.1) is 0 Å². The summed E-state index contributed by atoms with van der Waals surface area (Å²) in [6, 6.07) is 18.3. The Morgan fingerprint density at radius 3 is 2.19 bits per heavy atom. The van der Waals surface area contributed by atoms with E-state index in [0.29, 0.717) is 23.1 Å². The first kappa shape index (κ1) is 34.1. The SMILES string of the molecule is CCCC(=O)N(CCC(=O)N(Cc1ccccc1F)[C@@H](C)S)Cc1ccc(-c2ccccc2)c(Cl)c1S(=O)(=O)NC(C)=O. The van der Waals surface area contributed by atoms with Crippen LogP contribution in [-0.4, -0.2) is 47.9 Å². The van der Waals surface area contributed by atoms with Crippen molar-refractivity contribution in [3.05, 3.63) is 88.7 Å². The van der Waals surface area contributed by atoms with E-state index >= 15 is 0 Å². The van der Waals surface area contributed by atoms with E-state index in [0.717, 1.165) is 6.92 Å². The average Bonchev–Trinajstić information content (AvgIpc) is 2.94. The molecule has 0 aliphatic heterocycles. The monoisotopic (exact) mass is 647 g/mol. The van der Waals surface area contributed by atoms with Gasteiger partial charge < -0.3 is 9.80 Å². The molecule has 230 valence electrons. The quantitative estimate of drug-likeness (QED) is 0.180. The van der Waals surface area contributed by atoms with Gasteiger partial charge in [0.25, 0.3) is 10.0 Å². The van der Waals surface area contributed by atoms with Gasteiger partial charge in [0.05, 0.1) is 10.4 Å². The fraction of sp³-hybridized carbons (Fsp3) is 0.323. The molecule has 0 fully saturated rings. The lowest BCUT2D eigenvalue weighted by Gasteiger charge is -2.29. The first-order valence-electron chi connectivity index (χ1n) is 13.7. The molecule has 0 aliphatic rings. The number of hydrogen-bond donors (Lipinski definition) is 2. The lowest BCUT2D eigenvalue weighted by Crippen LogP contribution is -2.39. The summed E-state index contributed by atoms with van der Waals surface area (Å²) in [4.78, 5) is 40.8. The molecule has 0 unspecified atom stereocenters. The highest BCUT2D eigenvalue weighted by atomic mass is 35.5. The minimum absolute atomic E-state index is 0.00521. The van der Waals surface area contributed by atoms with Crippen LogP contribution in [0.4, 0.5) is 4.39 Å². The van der Waals surface area contributed by atoms with Gasteiger partial charge in [0.1, 0.15) is 10.7 Å². The zero-order chi connectivity index (χ0) is 31.7. The minimum Gasteiger partial charge on any atom is -0.338 e. The second-order valence-corrected chi connectivity index (χ2v) is 12.7. The van der Waals surface area contributed by atoms with Crippen LogP contribution in [-0.2, 0) is 37.5 Å². The topological polar surface area (TPSA) is 104 Å². The summed E-state index contributed by atoms with van der Waals surface area (Å²) in [5.41, 5.74) is 1.61. The molecule has 12 heteroatoms. The molecule has 0 saturated heterocycles. The van der Waals surface area contributed by atoms with Gasteiger partial charge in [0, 0.05) is 50.5 Å². The maximum absolute atomic E-state index is 14.3. The Labute approximate surface area is 262 Å². The van der Waals surface area contributed by atoms with Gasteiger partial charge in [-0.25, -0.2) is 17.5 Å². The Balaban J connectivity index is 1.96. The van der Waals surface area contributed by atoms with Crippen LogP contribution >= 0.6 is 24.2 Å². The molecular weight excluding hydrogens is 613 g/mol. The van der Waals surface area contributed by atoms with Gasteiger partial charge in [-0.05, 0) is 30.5 Å². The zero-order valence-electron chi connectivity index (χ0n) is 24.2. The number of amides is 3. The molecule has 0 radical (unpaired) electrons. The molecule has 0 aromatic heterocycles. The van der Waals surface area contributed by atoms with E-state index in [2.05, 4.69) is 12.6 Å². The largest absolute Gasteiger partial charge is 0.338 e. The third kappa shape index (κ3) is 9.04. The van der Waals surface area contributed by atoms with E-state index in [1.54, 1.807) is 61.5 Å². The molecule has 0 aliphatic carbocycles. The molecule has 1 N–H and O–H groups in total. The lowest BCUT2D eigenvalue weighted by molar-refractivity contribution is -0.135. The molecule has 8 nitrogen and oxygen atoms in total. The van der Waals surface area contributed by atoms with Gasteiger partial charge in [0.2, 0.25) is 17.7 Å². The van der Waals surface area contributed by atoms with Gasteiger partial charge in [0.15, 0.2) is 0 Å². The molecule has 0 heterocycles. The van der Waals surface area contributed by atoms with Crippen LogP contribution in [0.2, 0.25) is 5.02 Å². The van der Waals surface area contributed by atoms with Crippen LogP contribution in [0.5, 0.6) is 0 Å². The third-order valence-electron chi connectivity index (χ3n) is 6.65. The summed E-state index contributed by atoms with van der Waals surface area (Å²) < 4.78 is 43.0. The molecule has 0 spiro atoms. The van der Waals surface area contributed by atoms with Crippen molar-refractivity contribution in [1.82, 2.24) is 14.5 Å². The summed E-state index contributed by atoms with van der Waals surface area (Å²) >= 11 is 11.1. The van der Waals surface area contributed by atoms with Crippen molar-refractivity contribution in [2.75, 3.05) is 6.54 Å². The zero-order valence-corrected chi connectivity index (χ0v) is 26.7. The van der Waals surface area contributed by atoms with Crippen molar-refractivity contribution in [3.8, 4) is 11.1 Å². The Bertz CT molecular complexity index is 1570. The second kappa shape index (κ2) is 15.4. The number of thiol groups is 1. The molecule has 43 heavy (non-hydrogen) atoms. The van der Waals surface area contributed by atoms with Gasteiger partial charge >= 0.3 is 0 Å². The van der Waals surface area contributed by atoms with Crippen molar-refractivity contribution < 1.29 is 27.2 Å². The Morgan fingerprint density at radius 2 is 1.58 bits per heavy atom. The number of sulfonamides is 1. The van der Waals surface area contributed by atoms with E-state index in [1.165, 1.54) is 15.9 Å². The van der Waals surface area contributed by atoms with Crippen molar-refractivity contribution in [2.45, 2.75) is 63.4 Å². The number of nitrogens with one attached hydrogen (secondary N) is 1. The predicted octanol–water partition coefficient (Wildman–Crippen LogP) is 5.79. The van der Waals surface area contributed by atoms with Crippen LogP contribution in [0.25, 0.3) is 11.1 Å². The summed E-state index contributed by atoms with van der Waals surface area (Å²) in [5.74, 6) is -1.89. The molecule has 3 rings (SSSR count). The minimum atomic E-state index is -4.42.